The Morgan fingerprint density at radius 1 is 0.944 bits per heavy atom. The number of aromatic hydroxyl groups is 1. The van der Waals surface area contributed by atoms with Crippen LogP contribution in [0.4, 0.5) is 9.59 Å². The van der Waals surface area contributed by atoms with E-state index in [-0.39, 0.29) is 17.9 Å². The predicted octanol–water partition coefficient (Wildman–Crippen LogP) is 3.40. The normalized spacial score (nSPS) is 16.6. The van der Waals surface area contributed by atoms with Crippen LogP contribution in [0.25, 0.3) is 22.3 Å². The average molecular weight is 493 g/mol. The number of aromatic nitrogens is 3. The second kappa shape index (κ2) is 9.33. The summed E-state index contributed by atoms with van der Waals surface area (Å²) in [6.07, 6.45) is 1.06. The molecule has 2 aromatic heterocycles. The number of urea groups is 1. The monoisotopic (exact) mass is 492 g/mol. The fraction of sp³-hybridized carbons (Fsp3) is 0.462. The van der Waals surface area contributed by atoms with Crippen LogP contribution in [0.2, 0.25) is 0 Å². The van der Waals surface area contributed by atoms with E-state index in [0.717, 1.165) is 22.3 Å². The summed E-state index contributed by atoms with van der Waals surface area (Å²) in [6.45, 7) is 8.65. The van der Waals surface area contributed by atoms with Crippen LogP contribution in [0.5, 0.6) is 5.75 Å². The van der Waals surface area contributed by atoms with Gasteiger partial charge in [-0.1, -0.05) is 12.1 Å². The molecule has 0 radical (unpaired) electrons. The number of phenolic OH excluding ortho intramolecular Hbond substituents is 1. The Hall–Kier alpha value is -3.82. The Balaban J connectivity index is 1.25. The molecular formula is C26H32N6O4. The smallest absolute Gasteiger partial charge is 0.410 e. The summed E-state index contributed by atoms with van der Waals surface area (Å²) >= 11 is 0. The van der Waals surface area contributed by atoms with Gasteiger partial charge in [-0.25, -0.2) is 9.59 Å². The predicted molar refractivity (Wildman–Crippen MR) is 135 cm³/mol. The Morgan fingerprint density at radius 2 is 1.61 bits per heavy atom. The molecule has 0 unspecified atom stereocenters. The highest BCUT2D eigenvalue weighted by Gasteiger charge is 2.31. The third-order valence-corrected chi connectivity index (χ3v) is 6.67. The summed E-state index contributed by atoms with van der Waals surface area (Å²) in [5.41, 5.74) is 3.64. The summed E-state index contributed by atoms with van der Waals surface area (Å²) < 4.78 is 5.46. The Bertz CT molecular complexity index is 1290. The maximum absolute atomic E-state index is 13.3. The van der Waals surface area contributed by atoms with Crippen molar-refractivity contribution in [3.63, 3.8) is 0 Å². The summed E-state index contributed by atoms with van der Waals surface area (Å²) in [7, 11) is 0. The number of amides is 3. The summed E-state index contributed by atoms with van der Waals surface area (Å²) in [5, 5.41) is 19.9. The van der Waals surface area contributed by atoms with Crippen LogP contribution < -0.4 is 0 Å². The Kier molecular flexibility index (Phi) is 6.19. The molecule has 5 rings (SSSR count). The number of ether oxygens (including phenoxy) is 1. The number of piperazine rings is 1. The fourth-order valence-corrected chi connectivity index (χ4v) is 4.82. The Labute approximate surface area is 209 Å². The lowest BCUT2D eigenvalue weighted by Crippen LogP contribution is -2.55. The number of carbonyl (C=O) groups excluding carboxylic acids is 2. The maximum atomic E-state index is 13.3. The number of para-hydroxylation sites is 1. The van der Waals surface area contributed by atoms with Crippen LogP contribution in [-0.2, 0) is 17.6 Å². The topological polar surface area (TPSA) is 115 Å². The summed E-state index contributed by atoms with van der Waals surface area (Å²) in [6, 6.07) is 9.05. The molecule has 1 fully saturated rings. The van der Waals surface area contributed by atoms with E-state index < -0.39 is 5.60 Å². The zero-order chi connectivity index (χ0) is 25.4. The molecule has 3 aromatic rings. The number of fused-ring (bicyclic) bond motifs is 3. The van der Waals surface area contributed by atoms with E-state index in [0.29, 0.717) is 63.4 Å². The van der Waals surface area contributed by atoms with Crippen LogP contribution in [0.15, 0.2) is 30.3 Å². The van der Waals surface area contributed by atoms with Gasteiger partial charge in [0.25, 0.3) is 0 Å². The minimum atomic E-state index is -0.538. The highest BCUT2D eigenvalue weighted by Crippen LogP contribution is 2.31. The first kappa shape index (κ1) is 23.9. The molecule has 0 atom stereocenters. The summed E-state index contributed by atoms with van der Waals surface area (Å²) in [4.78, 5) is 34.4. The van der Waals surface area contributed by atoms with E-state index >= 15 is 0 Å². The van der Waals surface area contributed by atoms with Crippen molar-refractivity contribution >= 4 is 23.2 Å². The standard InChI is InChI=1S/C26H32N6O4/c1-26(2,3)36-25(35)32-14-12-31(13-15-32)24(34)30-10-8-17-19-16-21(18-6-4-5-7-22(18)33)28-29-23(19)27-20(17)9-11-30/h4-7,16,33H,8-15H2,1-3H3,(H,27,29). The molecule has 0 saturated carbocycles. The first-order chi connectivity index (χ1) is 17.2. The van der Waals surface area contributed by atoms with Gasteiger partial charge in [0, 0.05) is 62.3 Å². The Morgan fingerprint density at radius 3 is 2.33 bits per heavy atom. The van der Waals surface area contributed by atoms with Crippen molar-refractivity contribution in [1.82, 2.24) is 29.9 Å². The third kappa shape index (κ3) is 4.80. The molecule has 10 nitrogen and oxygen atoms in total. The lowest BCUT2D eigenvalue weighted by molar-refractivity contribution is 0.0158. The van der Waals surface area contributed by atoms with Crippen LogP contribution >= 0.6 is 0 Å². The van der Waals surface area contributed by atoms with Crippen LogP contribution in [0, 0.1) is 0 Å². The zero-order valence-electron chi connectivity index (χ0n) is 21.0. The van der Waals surface area contributed by atoms with Crippen molar-refractivity contribution < 1.29 is 19.4 Å². The first-order valence-electron chi connectivity index (χ1n) is 12.4. The quantitative estimate of drug-likeness (QED) is 0.538. The van der Waals surface area contributed by atoms with Gasteiger partial charge >= 0.3 is 12.1 Å². The number of H-pyrrole nitrogens is 1. The molecule has 2 aliphatic rings. The number of carbonyl (C=O) groups is 2. The molecule has 1 aromatic carbocycles. The largest absolute Gasteiger partial charge is 0.507 e. The van der Waals surface area contributed by atoms with Crippen molar-refractivity contribution in [2.75, 3.05) is 39.3 Å². The van der Waals surface area contributed by atoms with Crippen LogP contribution in [0.3, 0.4) is 0 Å². The molecule has 190 valence electrons. The van der Waals surface area contributed by atoms with E-state index in [1.807, 2.05) is 48.8 Å². The van der Waals surface area contributed by atoms with Crippen molar-refractivity contribution in [3.8, 4) is 17.0 Å². The number of nitrogens with one attached hydrogen (secondary N) is 1. The second-order valence-corrected chi connectivity index (χ2v) is 10.3. The zero-order valence-corrected chi connectivity index (χ0v) is 21.0. The fourth-order valence-electron chi connectivity index (χ4n) is 4.82. The number of phenols is 1. The van der Waals surface area contributed by atoms with Gasteiger partial charge in [0.05, 0.1) is 5.69 Å². The number of rotatable bonds is 1. The number of aromatic amines is 1. The van der Waals surface area contributed by atoms with Crippen molar-refractivity contribution in [1.29, 1.82) is 0 Å². The lowest BCUT2D eigenvalue weighted by Gasteiger charge is -2.37. The molecule has 0 spiro atoms. The van der Waals surface area contributed by atoms with Gasteiger partial charge in [-0.3, -0.25) is 0 Å². The van der Waals surface area contributed by atoms with Gasteiger partial charge in [-0.2, -0.15) is 0 Å². The van der Waals surface area contributed by atoms with Crippen molar-refractivity contribution in [2.24, 2.45) is 0 Å². The maximum Gasteiger partial charge on any atom is 0.410 e. The van der Waals surface area contributed by atoms with E-state index in [4.69, 9.17) is 4.74 Å². The van der Waals surface area contributed by atoms with E-state index in [1.165, 1.54) is 0 Å². The number of benzene rings is 1. The minimum absolute atomic E-state index is 0.00276. The average Bonchev–Trinajstić information content (AvgIpc) is 3.06. The molecule has 0 bridgehead atoms. The summed E-state index contributed by atoms with van der Waals surface area (Å²) in [5.74, 6) is 0.163. The number of nitrogens with zero attached hydrogens (tertiary/aromatic N) is 5. The molecule has 2 aliphatic heterocycles. The second-order valence-electron chi connectivity index (χ2n) is 10.3. The van der Waals surface area contributed by atoms with Gasteiger partial charge in [-0.15, -0.1) is 10.2 Å². The van der Waals surface area contributed by atoms with Crippen LogP contribution in [0.1, 0.15) is 32.0 Å². The first-order valence-corrected chi connectivity index (χ1v) is 12.4. The minimum Gasteiger partial charge on any atom is -0.507 e. The van der Waals surface area contributed by atoms with Gasteiger partial charge in [0.2, 0.25) is 0 Å². The molecule has 2 N–H and O–H groups in total. The van der Waals surface area contributed by atoms with E-state index in [2.05, 4.69) is 15.2 Å². The number of hydrogen-bond donors (Lipinski definition) is 2. The molecular weight excluding hydrogens is 460 g/mol. The molecule has 1 saturated heterocycles. The molecule has 10 heteroatoms. The number of hydrogen-bond acceptors (Lipinski definition) is 6. The molecule has 36 heavy (non-hydrogen) atoms. The van der Waals surface area contributed by atoms with Crippen molar-refractivity contribution in [2.45, 2.75) is 39.2 Å². The molecule has 0 aliphatic carbocycles. The van der Waals surface area contributed by atoms with Gasteiger partial charge in [0.15, 0.2) is 5.65 Å². The lowest BCUT2D eigenvalue weighted by atomic mass is 10.1. The SMILES string of the molecule is CC(C)(C)OC(=O)N1CCN(C(=O)N2CCc3[nH]c4nnc(-c5ccccc5O)cc4c3CC2)CC1. The highest BCUT2D eigenvalue weighted by atomic mass is 16.6. The van der Waals surface area contributed by atoms with Crippen molar-refractivity contribution in [3.05, 3.63) is 41.6 Å². The van der Waals surface area contributed by atoms with Gasteiger partial charge < -0.3 is 29.5 Å². The van der Waals surface area contributed by atoms with E-state index in [1.54, 1.807) is 17.0 Å². The highest BCUT2D eigenvalue weighted by molar-refractivity contribution is 5.85. The van der Waals surface area contributed by atoms with Crippen LogP contribution in [-0.4, -0.2) is 92.0 Å². The van der Waals surface area contributed by atoms with Gasteiger partial charge in [-0.05, 0) is 51.0 Å². The molecule has 3 amide bonds. The van der Waals surface area contributed by atoms with Gasteiger partial charge in [0.1, 0.15) is 11.4 Å². The third-order valence-electron chi connectivity index (χ3n) is 6.67. The molecule has 4 heterocycles. The van der Waals surface area contributed by atoms with E-state index in [9.17, 15) is 14.7 Å².